The van der Waals surface area contributed by atoms with E-state index in [4.69, 9.17) is 0 Å². The van der Waals surface area contributed by atoms with Crippen LogP contribution in [-0.2, 0) is 14.8 Å². The molecule has 1 fully saturated rings. The Labute approximate surface area is 151 Å². The smallest absolute Gasteiger partial charge is 0.240 e. The summed E-state index contributed by atoms with van der Waals surface area (Å²) in [5.74, 6) is 0.199. The minimum absolute atomic E-state index is 0.180. The molecule has 0 aromatic heterocycles. The van der Waals surface area contributed by atoms with Crippen molar-refractivity contribution in [1.82, 2.24) is 9.62 Å². The highest BCUT2D eigenvalue weighted by atomic mass is 32.2. The monoisotopic (exact) mass is 367 g/mol. The molecule has 1 heterocycles. The number of nitrogens with zero attached hydrogens (tertiary/aromatic N) is 1. The summed E-state index contributed by atoms with van der Waals surface area (Å²) in [5.41, 5.74) is 1.22. The molecule has 1 aromatic rings. The molecule has 6 nitrogen and oxygen atoms in total. The molecule has 0 bridgehead atoms. The number of carbonyl (C=O) groups is 1. The number of rotatable bonds is 6. The third-order valence-electron chi connectivity index (χ3n) is 4.73. The second kappa shape index (κ2) is 8.29. The first kappa shape index (κ1) is 19.9. The molecule has 1 amide bonds. The SMILES string of the molecule is CC(=O)Nc1ccc(S(=O)(=O)NCC2CCN(C(C)C)CC2)c(C)c1. The number of hydrogen-bond acceptors (Lipinski definition) is 4. The summed E-state index contributed by atoms with van der Waals surface area (Å²) in [5, 5.41) is 2.66. The molecule has 25 heavy (non-hydrogen) atoms. The lowest BCUT2D eigenvalue weighted by molar-refractivity contribution is -0.114. The Balaban J connectivity index is 1.97. The normalized spacial score (nSPS) is 17.0. The van der Waals surface area contributed by atoms with Crippen molar-refractivity contribution >= 4 is 21.6 Å². The molecule has 1 aliphatic heterocycles. The van der Waals surface area contributed by atoms with Gasteiger partial charge in [-0.1, -0.05) is 0 Å². The lowest BCUT2D eigenvalue weighted by Gasteiger charge is -2.34. The fourth-order valence-corrected chi connectivity index (χ4v) is 4.55. The van der Waals surface area contributed by atoms with E-state index in [-0.39, 0.29) is 10.8 Å². The van der Waals surface area contributed by atoms with Crippen molar-refractivity contribution in [2.45, 2.75) is 51.5 Å². The maximum absolute atomic E-state index is 12.6. The minimum Gasteiger partial charge on any atom is -0.326 e. The average Bonchev–Trinajstić information content (AvgIpc) is 2.52. The lowest BCUT2D eigenvalue weighted by Crippen LogP contribution is -2.41. The van der Waals surface area contributed by atoms with Gasteiger partial charge in [-0.15, -0.1) is 0 Å². The van der Waals surface area contributed by atoms with Crippen molar-refractivity contribution < 1.29 is 13.2 Å². The van der Waals surface area contributed by atoms with Gasteiger partial charge < -0.3 is 10.2 Å². The van der Waals surface area contributed by atoms with E-state index in [0.29, 0.717) is 29.8 Å². The van der Waals surface area contributed by atoms with Gasteiger partial charge in [0.25, 0.3) is 0 Å². The van der Waals surface area contributed by atoms with Crippen molar-refractivity contribution in [2.24, 2.45) is 5.92 Å². The van der Waals surface area contributed by atoms with Crippen molar-refractivity contribution in [3.05, 3.63) is 23.8 Å². The maximum Gasteiger partial charge on any atom is 0.240 e. The maximum atomic E-state index is 12.6. The Hall–Kier alpha value is -1.44. The highest BCUT2D eigenvalue weighted by molar-refractivity contribution is 7.89. The van der Waals surface area contributed by atoms with Gasteiger partial charge in [-0.2, -0.15) is 0 Å². The fourth-order valence-electron chi connectivity index (χ4n) is 3.21. The van der Waals surface area contributed by atoms with Gasteiger partial charge in [0.15, 0.2) is 0 Å². The van der Waals surface area contributed by atoms with Gasteiger partial charge in [-0.05, 0) is 76.4 Å². The van der Waals surface area contributed by atoms with Crippen molar-refractivity contribution in [1.29, 1.82) is 0 Å². The Morgan fingerprint density at radius 3 is 2.44 bits per heavy atom. The summed E-state index contributed by atoms with van der Waals surface area (Å²) in [6.07, 6.45) is 2.03. The van der Waals surface area contributed by atoms with E-state index in [1.54, 1.807) is 25.1 Å². The third kappa shape index (κ3) is 5.52. The van der Waals surface area contributed by atoms with Crippen LogP contribution in [0.25, 0.3) is 0 Å². The van der Waals surface area contributed by atoms with Gasteiger partial charge >= 0.3 is 0 Å². The van der Waals surface area contributed by atoms with Crippen LogP contribution in [0.3, 0.4) is 0 Å². The molecule has 7 heteroatoms. The predicted molar refractivity (Wildman–Crippen MR) is 100 cm³/mol. The number of carbonyl (C=O) groups excluding carboxylic acids is 1. The number of hydrogen-bond donors (Lipinski definition) is 2. The van der Waals surface area contributed by atoms with Crippen LogP contribution in [0.1, 0.15) is 39.2 Å². The second-order valence-corrected chi connectivity index (χ2v) is 8.82. The zero-order valence-corrected chi connectivity index (χ0v) is 16.3. The average molecular weight is 368 g/mol. The van der Waals surface area contributed by atoms with Crippen LogP contribution >= 0.6 is 0 Å². The number of nitrogens with one attached hydrogen (secondary N) is 2. The van der Waals surface area contributed by atoms with Gasteiger partial charge in [-0.25, -0.2) is 13.1 Å². The van der Waals surface area contributed by atoms with Gasteiger partial charge in [0, 0.05) is 25.2 Å². The largest absolute Gasteiger partial charge is 0.326 e. The number of amides is 1. The van der Waals surface area contributed by atoms with E-state index in [9.17, 15) is 13.2 Å². The number of likely N-dealkylation sites (tertiary alicyclic amines) is 1. The van der Waals surface area contributed by atoms with E-state index in [1.165, 1.54) is 6.92 Å². The summed E-state index contributed by atoms with van der Waals surface area (Å²) < 4.78 is 27.9. The van der Waals surface area contributed by atoms with Gasteiger partial charge in [0.1, 0.15) is 0 Å². The van der Waals surface area contributed by atoms with E-state index < -0.39 is 10.0 Å². The molecule has 1 aliphatic rings. The standard InChI is InChI=1S/C18H29N3O3S/c1-13(2)21-9-7-16(8-10-21)12-19-25(23,24)18-6-5-17(11-14(18)3)20-15(4)22/h5-6,11,13,16,19H,7-10,12H2,1-4H3,(H,20,22). The number of benzene rings is 1. The molecular weight excluding hydrogens is 338 g/mol. The minimum atomic E-state index is -3.54. The van der Waals surface area contributed by atoms with Crippen molar-refractivity contribution in [2.75, 3.05) is 25.0 Å². The topological polar surface area (TPSA) is 78.5 Å². The van der Waals surface area contributed by atoms with E-state index in [1.807, 2.05) is 0 Å². The van der Waals surface area contributed by atoms with Crippen LogP contribution in [-0.4, -0.2) is 44.9 Å². The molecule has 140 valence electrons. The molecular formula is C18H29N3O3S. The molecule has 2 rings (SSSR count). The molecule has 0 unspecified atom stereocenters. The lowest BCUT2D eigenvalue weighted by atomic mass is 9.96. The molecule has 0 aliphatic carbocycles. The first-order valence-corrected chi connectivity index (χ1v) is 10.3. The first-order chi connectivity index (χ1) is 11.7. The zero-order chi connectivity index (χ0) is 18.6. The van der Waals surface area contributed by atoms with Crippen LogP contribution in [0.2, 0.25) is 0 Å². The highest BCUT2D eigenvalue weighted by Gasteiger charge is 2.23. The van der Waals surface area contributed by atoms with Crippen molar-refractivity contribution in [3.63, 3.8) is 0 Å². The first-order valence-electron chi connectivity index (χ1n) is 8.81. The molecule has 0 radical (unpaired) electrons. The molecule has 1 saturated heterocycles. The van der Waals surface area contributed by atoms with Crippen LogP contribution < -0.4 is 10.0 Å². The molecule has 0 saturated carbocycles. The summed E-state index contributed by atoms with van der Waals surface area (Å²) in [4.78, 5) is 13.8. The van der Waals surface area contributed by atoms with Crippen LogP contribution in [0, 0.1) is 12.8 Å². The summed E-state index contributed by atoms with van der Waals surface area (Å²) >= 11 is 0. The summed E-state index contributed by atoms with van der Waals surface area (Å²) in [7, 11) is -3.54. The van der Waals surface area contributed by atoms with Crippen molar-refractivity contribution in [3.8, 4) is 0 Å². The molecule has 1 aromatic carbocycles. The Kier molecular flexibility index (Phi) is 6.59. The Morgan fingerprint density at radius 2 is 1.92 bits per heavy atom. The molecule has 0 spiro atoms. The van der Waals surface area contributed by atoms with E-state index >= 15 is 0 Å². The van der Waals surface area contributed by atoms with Crippen LogP contribution in [0.4, 0.5) is 5.69 Å². The summed E-state index contributed by atoms with van der Waals surface area (Å²) in [6.45, 7) is 10.1. The Bertz CT molecular complexity index is 708. The fraction of sp³-hybridized carbons (Fsp3) is 0.611. The number of aryl methyl sites for hydroxylation is 1. The number of anilines is 1. The highest BCUT2D eigenvalue weighted by Crippen LogP contribution is 2.22. The zero-order valence-electron chi connectivity index (χ0n) is 15.5. The van der Waals surface area contributed by atoms with Gasteiger partial charge in [0.2, 0.25) is 15.9 Å². The summed E-state index contributed by atoms with van der Waals surface area (Å²) in [6, 6.07) is 5.38. The number of piperidine rings is 1. The molecule has 0 atom stereocenters. The molecule has 2 N–H and O–H groups in total. The Morgan fingerprint density at radius 1 is 1.28 bits per heavy atom. The van der Waals surface area contributed by atoms with Gasteiger partial charge in [-0.3, -0.25) is 4.79 Å². The van der Waals surface area contributed by atoms with E-state index in [2.05, 4.69) is 28.8 Å². The number of sulfonamides is 1. The van der Waals surface area contributed by atoms with Crippen LogP contribution in [0.5, 0.6) is 0 Å². The third-order valence-corrected chi connectivity index (χ3v) is 6.31. The second-order valence-electron chi connectivity index (χ2n) is 7.09. The van der Waals surface area contributed by atoms with E-state index in [0.717, 1.165) is 25.9 Å². The predicted octanol–water partition coefficient (Wildman–Crippen LogP) is 2.35. The van der Waals surface area contributed by atoms with Crippen LogP contribution in [0.15, 0.2) is 23.1 Å². The van der Waals surface area contributed by atoms with Gasteiger partial charge in [0.05, 0.1) is 4.90 Å². The quantitative estimate of drug-likeness (QED) is 0.809.